The van der Waals surface area contributed by atoms with Gasteiger partial charge in [-0.2, -0.15) is 0 Å². The average molecular weight is 266 g/mol. The number of methoxy groups -OCH3 is 1. The summed E-state index contributed by atoms with van der Waals surface area (Å²) in [5.41, 5.74) is 0. The minimum atomic E-state index is -0.585. The molecule has 0 saturated carbocycles. The van der Waals surface area contributed by atoms with E-state index in [0.717, 1.165) is 0 Å². The Labute approximate surface area is 108 Å². The van der Waals surface area contributed by atoms with E-state index in [1.54, 1.807) is 6.92 Å². The standard InChI is InChI=1S/C12H26O6/c1-10(13)7-17-5-4-12(15)9-18-6-3-11(14)8-16-2/h10-15H,3-9H2,1-2H3. The Balaban J connectivity index is 3.28. The van der Waals surface area contributed by atoms with Gasteiger partial charge in [-0.3, -0.25) is 0 Å². The second-order valence-electron chi connectivity index (χ2n) is 4.34. The van der Waals surface area contributed by atoms with Gasteiger partial charge in [-0.1, -0.05) is 0 Å². The van der Waals surface area contributed by atoms with E-state index in [0.29, 0.717) is 32.7 Å². The van der Waals surface area contributed by atoms with Crippen LogP contribution in [0, 0.1) is 0 Å². The lowest BCUT2D eigenvalue weighted by Gasteiger charge is -2.13. The molecule has 0 aliphatic carbocycles. The predicted octanol–water partition coefficient (Wildman–Crippen LogP) is -0.451. The largest absolute Gasteiger partial charge is 0.391 e. The van der Waals surface area contributed by atoms with Crippen molar-refractivity contribution in [2.24, 2.45) is 0 Å². The van der Waals surface area contributed by atoms with Gasteiger partial charge in [0.05, 0.1) is 38.1 Å². The highest BCUT2D eigenvalue weighted by Crippen LogP contribution is 1.98. The maximum Gasteiger partial charge on any atom is 0.0795 e. The van der Waals surface area contributed by atoms with E-state index < -0.39 is 18.3 Å². The first-order valence-electron chi connectivity index (χ1n) is 6.24. The van der Waals surface area contributed by atoms with Gasteiger partial charge in [-0.05, 0) is 19.8 Å². The third kappa shape index (κ3) is 12.2. The second-order valence-corrected chi connectivity index (χ2v) is 4.34. The van der Waals surface area contributed by atoms with Gasteiger partial charge in [0.1, 0.15) is 0 Å². The molecule has 6 heteroatoms. The normalized spacial score (nSPS) is 16.5. The molecule has 0 bridgehead atoms. The molecule has 18 heavy (non-hydrogen) atoms. The summed E-state index contributed by atoms with van der Waals surface area (Å²) in [7, 11) is 1.53. The summed E-state index contributed by atoms with van der Waals surface area (Å²) in [6.07, 6.45) is -0.646. The van der Waals surface area contributed by atoms with Gasteiger partial charge in [0, 0.05) is 20.3 Å². The predicted molar refractivity (Wildman–Crippen MR) is 66.4 cm³/mol. The van der Waals surface area contributed by atoms with Crippen LogP contribution < -0.4 is 0 Å². The van der Waals surface area contributed by atoms with Crippen molar-refractivity contribution >= 4 is 0 Å². The van der Waals surface area contributed by atoms with Crippen molar-refractivity contribution in [2.45, 2.75) is 38.1 Å². The molecule has 6 nitrogen and oxygen atoms in total. The van der Waals surface area contributed by atoms with Gasteiger partial charge in [0.25, 0.3) is 0 Å². The van der Waals surface area contributed by atoms with E-state index in [9.17, 15) is 10.2 Å². The highest BCUT2D eigenvalue weighted by molar-refractivity contribution is 4.56. The van der Waals surface area contributed by atoms with Crippen LogP contribution >= 0.6 is 0 Å². The van der Waals surface area contributed by atoms with Crippen molar-refractivity contribution < 1.29 is 29.5 Å². The van der Waals surface area contributed by atoms with Crippen LogP contribution in [-0.4, -0.2) is 73.8 Å². The summed E-state index contributed by atoms with van der Waals surface area (Å²) in [6.45, 7) is 3.20. The summed E-state index contributed by atoms with van der Waals surface area (Å²) >= 11 is 0. The third-order valence-corrected chi connectivity index (χ3v) is 2.22. The van der Waals surface area contributed by atoms with Crippen LogP contribution in [0.5, 0.6) is 0 Å². The molecular weight excluding hydrogens is 240 g/mol. The Morgan fingerprint density at radius 2 is 1.33 bits per heavy atom. The fourth-order valence-corrected chi connectivity index (χ4v) is 1.27. The SMILES string of the molecule is COCC(O)CCOCC(O)CCOCC(C)O. The van der Waals surface area contributed by atoms with Gasteiger partial charge in [0.15, 0.2) is 0 Å². The molecule has 0 spiro atoms. The molecule has 0 aliphatic heterocycles. The highest BCUT2D eigenvalue weighted by atomic mass is 16.5. The van der Waals surface area contributed by atoms with Crippen LogP contribution in [0.3, 0.4) is 0 Å². The Morgan fingerprint density at radius 1 is 0.833 bits per heavy atom. The number of hydrogen-bond donors (Lipinski definition) is 3. The van der Waals surface area contributed by atoms with Gasteiger partial charge >= 0.3 is 0 Å². The number of rotatable bonds is 12. The molecule has 0 aromatic carbocycles. The Kier molecular flexibility index (Phi) is 11.7. The van der Waals surface area contributed by atoms with Crippen LogP contribution in [0.4, 0.5) is 0 Å². The maximum absolute atomic E-state index is 9.53. The van der Waals surface area contributed by atoms with Gasteiger partial charge in [-0.25, -0.2) is 0 Å². The zero-order chi connectivity index (χ0) is 13.8. The van der Waals surface area contributed by atoms with E-state index >= 15 is 0 Å². The Morgan fingerprint density at radius 3 is 1.83 bits per heavy atom. The molecule has 3 atom stereocenters. The number of aliphatic hydroxyl groups is 3. The molecule has 0 aromatic heterocycles. The van der Waals surface area contributed by atoms with Crippen molar-refractivity contribution in [1.29, 1.82) is 0 Å². The van der Waals surface area contributed by atoms with Crippen molar-refractivity contribution in [2.75, 3.05) is 40.1 Å². The fraction of sp³-hybridized carbons (Fsp3) is 1.00. The van der Waals surface area contributed by atoms with Crippen molar-refractivity contribution in [3.8, 4) is 0 Å². The van der Waals surface area contributed by atoms with Crippen molar-refractivity contribution in [1.82, 2.24) is 0 Å². The lowest BCUT2D eigenvalue weighted by molar-refractivity contribution is -0.0134. The Hall–Kier alpha value is -0.240. The number of ether oxygens (including phenoxy) is 3. The monoisotopic (exact) mass is 266 g/mol. The number of hydrogen-bond acceptors (Lipinski definition) is 6. The van der Waals surface area contributed by atoms with E-state index in [2.05, 4.69) is 0 Å². The van der Waals surface area contributed by atoms with Crippen molar-refractivity contribution in [3.63, 3.8) is 0 Å². The zero-order valence-electron chi connectivity index (χ0n) is 11.2. The van der Waals surface area contributed by atoms with E-state index in [1.165, 1.54) is 7.11 Å². The van der Waals surface area contributed by atoms with E-state index in [-0.39, 0.29) is 13.2 Å². The lowest BCUT2D eigenvalue weighted by Crippen LogP contribution is -2.22. The zero-order valence-corrected chi connectivity index (χ0v) is 11.2. The first-order valence-corrected chi connectivity index (χ1v) is 6.24. The van der Waals surface area contributed by atoms with E-state index in [4.69, 9.17) is 19.3 Å². The third-order valence-electron chi connectivity index (χ3n) is 2.22. The second kappa shape index (κ2) is 11.8. The van der Waals surface area contributed by atoms with Gasteiger partial charge < -0.3 is 29.5 Å². The van der Waals surface area contributed by atoms with Crippen LogP contribution in [0.15, 0.2) is 0 Å². The maximum atomic E-state index is 9.53. The summed E-state index contributed by atoms with van der Waals surface area (Å²) in [5.74, 6) is 0. The number of aliphatic hydroxyl groups excluding tert-OH is 3. The minimum absolute atomic E-state index is 0.220. The molecule has 3 N–H and O–H groups in total. The van der Waals surface area contributed by atoms with Gasteiger partial charge in [0.2, 0.25) is 0 Å². The molecule has 0 aliphatic rings. The fourth-order valence-electron chi connectivity index (χ4n) is 1.27. The molecular formula is C12H26O6. The summed E-state index contributed by atoms with van der Waals surface area (Å²) in [4.78, 5) is 0. The van der Waals surface area contributed by atoms with Crippen LogP contribution in [0.2, 0.25) is 0 Å². The minimum Gasteiger partial charge on any atom is -0.391 e. The lowest BCUT2D eigenvalue weighted by atomic mass is 10.2. The smallest absolute Gasteiger partial charge is 0.0795 e. The van der Waals surface area contributed by atoms with Crippen LogP contribution in [-0.2, 0) is 14.2 Å². The highest BCUT2D eigenvalue weighted by Gasteiger charge is 2.07. The quantitative estimate of drug-likeness (QED) is 0.415. The molecule has 3 unspecified atom stereocenters. The van der Waals surface area contributed by atoms with Crippen LogP contribution in [0.25, 0.3) is 0 Å². The first-order chi connectivity index (χ1) is 8.56. The molecule has 0 radical (unpaired) electrons. The molecule has 0 heterocycles. The van der Waals surface area contributed by atoms with E-state index in [1.807, 2.05) is 0 Å². The molecule has 0 fully saturated rings. The molecule has 0 amide bonds. The molecule has 0 aromatic rings. The van der Waals surface area contributed by atoms with Crippen molar-refractivity contribution in [3.05, 3.63) is 0 Å². The van der Waals surface area contributed by atoms with Crippen LogP contribution in [0.1, 0.15) is 19.8 Å². The first kappa shape index (κ1) is 17.8. The molecule has 0 rings (SSSR count). The summed E-state index contributed by atoms with van der Waals surface area (Å²) < 4.78 is 15.1. The van der Waals surface area contributed by atoms with Gasteiger partial charge in [-0.15, -0.1) is 0 Å². The average Bonchev–Trinajstić information content (AvgIpc) is 2.30. The topological polar surface area (TPSA) is 88.4 Å². The molecule has 0 saturated heterocycles. The molecule has 110 valence electrons. The summed E-state index contributed by atoms with van der Waals surface area (Å²) in [6, 6.07) is 0. The Bertz CT molecular complexity index is 176. The summed E-state index contributed by atoms with van der Waals surface area (Å²) in [5, 5.41) is 27.8.